The topological polar surface area (TPSA) is 113 Å². The van der Waals surface area contributed by atoms with Crippen LogP contribution in [-0.2, 0) is 28.9 Å². The molecule has 4 aromatic rings. The van der Waals surface area contributed by atoms with Crippen molar-refractivity contribution in [2.75, 3.05) is 39.9 Å². The first-order valence-corrected chi connectivity index (χ1v) is 11.2. The predicted molar refractivity (Wildman–Crippen MR) is 131 cm³/mol. The third-order valence-electron chi connectivity index (χ3n) is 5.55. The van der Waals surface area contributed by atoms with Crippen LogP contribution in [-0.4, -0.2) is 60.2 Å². The molecule has 0 saturated heterocycles. The van der Waals surface area contributed by atoms with Crippen LogP contribution in [0, 0.1) is 0 Å². The maximum absolute atomic E-state index is 12.4. The number of hydrogen-bond donors (Lipinski definition) is 2. The molecule has 2 N–H and O–H groups in total. The number of nitrogens with one attached hydrogen (secondary N) is 2. The van der Waals surface area contributed by atoms with Gasteiger partial charge in [0.15, 0.2) is 18.1 Å². The number of aromatic amines is 1. The van der Waals surface area contributed by atoms with Crippen LogP contribution in [0.15, 0.2) is 48.7 Å². The zero-order chi connectivity index (χ0) is 24.6. The molecule has 184 valence electrons. The van der Waals surface area contributed by atoms with Gasteiger partial charge in [-0.3, -0.25) is 15.2 Å². The fourth-order valence-electron chi connectivity index (χ4n) is 3.77. The summed E-state index contributed by atoms with van der Waals surface area (Å²) < 4.78 is 23.6. The van der Waals surface area contributed by atoms with Crippen LogP contribution in [0.5, 0.6) is 17.2 Å². The van der Waals surface area contributed by atoms with Crippen LogP contribution in [0.25, 0.3) is 10.9 Å². The van der Waals surface area contributed by atoms with E-state index in [-0.39, 0.29) is 18.5 Å². The third-order valence-corrected chi connectivity index (χ3v) is 5.55. The van der Waals surface area contributed by atoms with E-state index in [1.807, 2.05) is 48.7 Å². The summed E-state index contributed by atoms with van der Waals surface area (Å²) in [5.74, 6) is 2.54. The lowest BCUT2D eigenvalue weighted by Gasteiger charge is -2.09. The van der Waals surface area contributed by atoms with E-state index in [0.717, 1.165) is 29.4 Å². The molecule has 0 fully saturated rings. The largest absolute Gasteiger partial charge is 0.493 e. The molecule has 4 rings (SSSR count). The summed E-state index contributed by atoms with van der Waals surface area (Å²) in [4.78, 5) is 16.8. The maximum Gasteiger partial charge on any atom is 0.264 e. The summed E-state index contributed by atoms with van der Waals surface area (Å²) in [7, 11) is 4.89. The Labute approximate surface area is 203 Å². The van der Waals surface area contributed by atoms with Gasteiger partial charge in [-0.2, -0.15) is 4.98 Å². The highest BCUT2D eigenvalue weighted by molar-refractivity contribution is 5.91. The molecule has 0 spiro atoms. The molecule has 2 aromatic carbocycles. The number of rotatable bonds is 12. The summed E-state index contributed by atoms with van der Waals surface area (Å²) in [5, 5.41) is 10.6. The first-order chi connectivity index (χ1) is 17.1. The second-order valence-electron chi connectivity index (χ2n) is 7.82. The lowest BCUT2D eigenvalue weighted by atomic mass is 10.1. The number of H-pyrrole nitrogens is 1. The third kappa shape index (κ3) is 5.90. The van der Waals surface area contributed by atoms with E-state index in [0.29, 0.717) is 36.1 Å². The average Bonchev–Trinajstić information content (AvgIpc) is 3.51. The van der Waals surface area contributed by atoms with Gasteiger partial charge in [0.1, 0.15) is 11.6 Å². The van der Waals surface area contributed by atoms with Gasteiger partial charge in [0.05, 0.1) is 26.3 Å². The minimum Gasteiger partial charge on any atom is -0.493 e. The Morgan fingerprint density at radius 2 is 1.89 bits per heavy atom. The van der Waals surface area contributed by atoms with Crippen molar-refractivity contribution in [3.63, 3.8) is 0 Å². The predicted octanol–water partition coefficient (Wildman–Crippen LogP) is 3.23. The molecule has 35 heavy (non-hydrogen) atoms. The number of amides is 1. The number of hydrogen-bond acceptors (Lipinski definition) is 7. The second kappa shape index (κ2) is 11.4. The van der Waals surface area contributed by atoms with Crippen molar-refractivity contribution in [3.05, 3.63) is 60.0 Å². The lowest BCUT2D eigenvalue weighted by Crippen LogP contribution is -2.21. The van der Waals surface area contributed by atoms with Gasteiger partial charge >= 0.3 is 0 Å². The van der Waals surface area contributed by atoms with Crippen LogP contribution in [0.2, 0.25) is 0 Å². The normalized spacial score (nSPS) is 10.9. The molecular formula is C25H29N5O5. The number of aromatic nitrogens is 4. The van der Waals surface area contributed by atoms with Gasteiger partial charge in [0, 0.05) is 31.7 Å². The van der Waals surface area contributed by atoms with E-state index in [4.69, 9.17) is 18.9 Å². The quantitative estimate of drug-likeness (QED) is 0.321. The van der Waals surface area contributed by atoms with Crippen molar-refractivity contribution >= 4 is 22.8 Å². The highest BCUT2D eigenvalue weighted by Gasteiger charge is 2.12. The molecule has 0 aliphatic carbocycles. The maximum atomic E-state index is 12.4. The number of ether oxygens (including phenoxy) is 4. The van der Waals surface area contributed by atoms with Gasteiger partial charge in [-0.1, -0.05) is 12.1 Å². The summed E-state index contributed by atoms with van der Waals surface area (Å²) in [6.07, 6.45) is 3.32. The molecular weight excluding hydrogens is 450 g/mol. The van der Waals surface area contributed by atoms with Gasteiger partial charge in [0.25, 0.3) is 5.91 Å². The number of carbonyl (C=O) groups is 1. The minimum atomic E-state index is -0.341. The van der Waals surface area contributed by atoms with E-state index in [1.165, 1.54) is 0 Å². The van der Waals surface area contributed by atoms with Crippen LogP contribution >= 0.6 is 0 Å². The summed E-state index contributed by atoms with van der Waals surface area (Å²) in [6.45, 7) is 1.20. The van der Waals surface area contributed by atoms with Gasteiger partial charge in [0.2, 0.25) is 5.95 Å². The Balaban J connectivity index is 1.30. The molecule has 10 nitrogen and oxygen atoms in total. The molecule has 0 saturated carbocycles. The number of aryl methyl sites for hydroxylation is 2. The Morgan fingerprint density at radius 3 is 2.69 bits per heavy atom. The summed E-state index contributed by atoms with van der Waals surface area (Å²) in [5.41, 5.74) is 2.09. The van der Waals surface area contributed by atoms with E-state index in [1.54, 1.807) is 21.3 Å². The van der Waals surface area contributed by atoms with E-state index in [9.17, 15) is 4.79 Å². The standard InChI is InChI=1S/C25H29N5O5/c1-32-14-13-30-12-11-18-19(30)5-4-6-20(18)35-16-24(31)27-25-26-23(28-29-25)10-8-17-7-9-21(33-2)22(15-17)34-3/h4-7,9,11-12,15H,8,10,13-14,16H2,1-3H3,(H2,26,27,28,29,31). The van der Waals surface area contributed by atoms with E-state index < -0.39 is 0 Å². The number of carbonyl (C=O) groups excluding carboxylic acids is 1. The number of anilines is 1. The van der Waals surface area contributed by atoms with Gasteiger partial charge in [-0.15, -0.1) is 5.10 Å². The molecule has 1 amide bonds. The van der Waals surface area contributed by atoms with Crippen LogP contribution in [0.1, 0.15) is 11.4 Å². The van der Waals surface area contributed by atoms with Crippen molar-refractivity contribution in [2.45, 2.75) is 19.4 Å². The van der Waals surface area contributed by atoms with Crippen molar-refractivity contribution in [3.8, 4) is 17.2 Å². The Morgan fingerprint density at radius 1 is 1.03 bits per heavy atom. The SMILES string of the molecule is COCCn1ccc2c(OCC(=O)Nc3n[nH]c(CCc4ccc(OC)c(OC)c4)n3)cccc21. The highest BCUT2D eigenvalue weighted by atomic mass is 16.5. The molecule has 0 aliphatic heterocycles. The molecule has 0 aliphatic rings. The average molecular weight is 480 g/mol. The molecule has 2 aromatic heterocycles. The molecule has 2 heterocycles. The second-order valence-corrected chi connectivity index (χ2v) is 7.82. The number of fused-ring (bicyclic) bond motifs is 1. The Bertz CT molecular complexity index is 1280. The molecule has 0 unspecified atom stereocenters. The first-order valence-electron chi connectivity index (χ1n) is 11.2. The minimum absolute atomic E-state index is 0.155. The zero-order valence-corrected chi connectivity index (χ0v) is 20.0. The Kier molecular flexibility index (Phi) is 7.84. The van der Waals surface area contributed by atoms with Gasteiger partial charge in [-0.05, 0) is 42.3 Å². The number of methoxy groups -OCH3 is 3. The zero-order valence-electron chi connectivity index (χ0n) is 20.0. The molecule has 0 atom stereocenters. The highest BCUT2D eigenvalue weighted by Crippen LogP contribution is 2.28. The van der Waals surface area contributed by atoms with E-state index in [2.05, 4.69) is 25.1 Å². The van der Waals surface area contributed by atoms with Crippen molar-refractivity contribution in [2.24, 2.45) is 0 Å². The summed E-state index contributed by atoms with van der Waals surface area (Å²) >= 11 is 0. The van der Waals surface area contributed by atoms with Crippen LogP contribution in [0.4, 0.5) is 5.95 Å². The monoisotopic (exact) mass is 479 g/mol. The van der Waals surface area contributed by atoms with Crippen molar-refractivity contribution in [1.82, 2.24) is 19.7 Å². The van der Waals surface area contributed by atoms with Gasteiger partial charge < -0.3 is 23.5 Å². The molecule has 10 heteroatoms. The Hall–Kier alpha value is -4.05. The van der Waals surface area contributed by atoms with E-state index >= 15 is 0 Å². The smallest absolute Gasteiger partial charge is 0.264 e. The fraction of sp³-hybridized carbons (Fsp3) is 0.320. The van der Waals surface area contributed by atoms with Crippen LogP contribution < -0.4 is 19.5 Å². The first kappa shape index (κ1) is 24.1. The fourth-order valence-corrected chi connectivity index (χ4v) is 3.77. The lowest BCUT2D eigenvalue weighted by molar-refractivity contribution is -0.118. The summed E-state index contributed by atoms with van der Waals surface area (Å²) in [6, 6.07) is 13.5. The number of nitrogens with zero attached hydrogens (tertiary/aromatic N) is 3. The molecule has 0 radical (unpaired) electrons. The van der Waals surface area contributed by atoms with Crippen molar-refractivity contribution < 1.29 is 23.7 Å². The molecule has 0 bridgehead atoms. The van der Waals surface area contributed by atoms with Crippen molar-refractivity contribution in [1.29, 1.82) is 0 Å². The van der Waals surface area contributed by atoms with Gasteiger partial charge in [-0.25, -0.2) is 0 Å². The number of benzene rings is 2. The van der Waals surface area contributed by atoms with Crippen LogP contribution in [0.3, 0.4) is 0 Å².